The molecule has 2 atom stereocenters. The third kappa shape index (κ3) is 2.59. The fraction of sp³-hybridized carbons (Fsp3) is 0.538. The summed E-state index contributed by atoms with van der Waals surface area (Å²) in [6, 6.07) is 10.4. The van der Waals surface area contributed by atoms with Crippen LogP contribution in [0.4, 0.5) is 0 Å². The zero-order valence-corrected chi connectivity index (χ0v) is 10.5. The van der Waals surface area contributed by atoms with Crippen molar-refractivity contribution < 1.29 is 9.84 Å². The average Bonchev–Trinajstić information content (AvgIpc) is 2.55. The van der Waals surface area contributed by atoms with Crippen LogP contribution in [0.1, 0.15) is 20.3 Å². The van der Waals surface area contributed by atoms with Gasteiger partial charge < -0.3 is 9.84 Å². The van der Waals surface area contributed by atoms with Gasteiger partial charge in [-0.1, -0.05) is 18.2 Å². The van der Waals surface area contributed by atoms with Gasteiger partial charge in [0, 0.05) is 10.1 Å². The fourth-order valence-electron chi connectivity index (χ4n) is 2.04. The van der Waals surface area contributed by atoms with Crippen molar-refractivity contribution in [3.63, 3.8) is 0 Å². The van der Waals surface area contributed by atoms with Crippen LogP contribution in [0.3, 0.4) is 0 Å². The Morgan fingerprint density at radius 3 is 2.62 bits per heavy atom. The second-order valence-corrected chi connectivity index (χ2v) is 5.96. The van der Waals surface area contributed by atoms with Gasteiger partial charge in [-0.05, 0) is 32.4 Å². The Hall–Kier alpha value is -0.510. The van der Waals surface area contributed by atoms with E-state index in [1.165, 1.54) is 4.90 Å². The van der Waals surface area contributed by atoms with Crippen molar-refractivity contribution in [1.82, 2.24) is 0 Å². The van der Waals surface area contributed by atoms with Crippen molar-refractivity contribution in [2.24, 2.45) is 0 Å². The summed E-state index contributed by atoms with van der Waals surface area (Å²) in [7, 11) is 0. The average molecular weight is 238 g/mol. The van der Waals surface area contributed by atoms with Crippen molar-refractivity contribution in [3.8, 4) is 0 Å². The summed E-state index contributed by atoms with van der Waals surface area (Å²) in [6.45, 7) is 4.32. The summed E-state index contributed by atoms with van der Waals surface area (Å²) in [5.41, 5.74) is -0.159. The topological polar surface area (TPSA) is 29.5 Å². The lowest BCUT2D eigenvalue weighted by molar-refractivity contribution is -0.0356. The van der Waals surface area contributed by atoms with E-state index < -0.39 is 0 Å². The molecule has 0 unspecified atom stereocenters. The Bertz CT molecular complexity index is 337. The zero-order chi connectivity index (χ0) is 11.6. The molecule has 0 saturated carbocycles. The summed E-state index contributed by atoms with van der Waals surface area (Å²) in [5.74, 6) is 0. The highest BCUT2D eigenvalue weighted by atomic mass is 32.2. The van der Waals surface area contributed by atoms with Crippen molar-refractivity contribution in [3.05, 3.63) is 30.3 Å². The van der Waals surface area contributed by atoms with Crippen LogP contribution in [0.25, 0.3) is 0 Å². The summed E-state index contributed by atoms with van der Waals surface area (Å²) in [5, 5.41) is 9.56. The molecule has 3 heteroatoms. The molecule has 0 aliphatic carbocycles. The van der Waals surface area contributed by atoms with Gasteiger partial charge in [0.05, 0.1) is 18.3 Å². The lowest BCUT2D eigenvalue weighted by Gasteiger charge is -2.25. The van der Waals surface area contributed by atoms with Gasteiger partial charge in [-0.3, -0.25) is 0 Å². The van der Waals surface area contributed by atoms with Crippen molar-refractivity contribution in [2.75, 3.05) is 6.61 Å². The van der Waals surface area contributed by atoms with E-state index in [4.69, 9.17) is 9.84 Å². The molecule has 1 saturated heterocycles. The molecule has 2 rings (SSSR count). The molecule has 1 heterocycles. The first-order chi connectivity index (χ1) is 7.62. The highest BCUT2D eigenvalue weighted by Crippen LogP contribution is 2.41. The van der Waals surface area contributed by atoms with Crippen molar-refractivity contribution >= 4 is 11.8 Å². The summed E-state index contributed by atoms with van der Waals surface area (Å²) in [6.07, 6.45) is 0.916. The monoisotopic (exact) mass is 238 g/mol. The number of thioether (sulfide) groups is 1. The number of ether oxygens (including phenoxy) is 1. The molecule has 1 aliphatic heterocycles. The van der Waals surface area contributed by atoms with Crippen LogP contribution in [-0.2, 0) is 4.74 Å². The number of benzene rings is 1. The maximum absolute atomic E-state index is 9.15. The number of aliphatic hydroxyl groups excluding tert-OH is 1. The third-order valence-electron chi connectivity index (χ3n) is 2.95. The predicted molar refractivity (Wildman–Crippen MR) is 66.7 cm³/mol. The first-order valence-electron chi connectivity index (χ1n) is 5.62. The maximum atomic E-state index is 9.15. The van der Waals surface area contributed by atoms with E-state index in [2.05, 4.69) is 38.1 Å². The van der Waals surface area contributed by atoms with E-state index in [0.717, 1.165) is 6.42 Å². The number of aliphatic hydroxyl groups is 1. The molecule has 1 aromatic carbocycles. The molecule has 0 aromatic heterocycles. The van der Waals surface area contributed by atoms with Crippen LogP contribution in [0.15, 0.2) is 35.2 Å². The van der Waals surface area contributed by atoms with Crippen LogP contribution in [0.2, 0.25) is 0 Å². The fourth-order valence-corrected chi connectivity index (χ4v) is 3.33. The minimum atomic E-state index is -0.159. The smallest absolute Gasteiger partial charge is 0.0825 e. The van der Waals surface area contributed by atoms with E-state index in [1.54, 1.807) is 0 Å². The van der Waals surface area contributed by atoms with Gasteiger partial charge in [0.15, 0.2) is 0 Å². The van der Waals surface area contributed by atoms with Crippen LogP contribution in [0, 0.1) is 0 Å². The van der Waals surface area contributed by atoms with E-state index in [0.29, 0.717) is 5.25 Å². The van der Waals surface area contributed by atoms with E-state index in [1.807, 2.05) is 17.8 Å². The minimum Gasteiger partial charge on any atom is -0.394 e. The number of hydrogen-bond donors (Lipinski definition) is 1. The molecule has 1 aliphatic rings. The van der Waals surface area contributed by atoms with Crippen LogP contribution < -0.4 is 0 Å². The van der Waals surface area contributed by atoms with E-state index in [9.17, 15) is 0 Å². The Balaban J connectivity index is 2.05. The van der Waals surface area contributed by atoms with Gasteiger partial charge in [-0.25, -0.2) is 0 Å². The molecule has 1 aromatic rings. The molecule has 0 spiro atoms. The van der Waals surface area contributed by atoms with Crippen LogP contribution in [-0.4, -0.2) is 28.7 Å². The molecule has 1 fully saturated rings. The van der Waals surface area contributed by atoms with Gasteiger partial charge in [0.1, 0.15) is 0 Å². The molecule has 2 nitrogen and oxygen atoms in total. The molecular formula is C13H18O2S. The first kappa shape index (κ1) is 12.0. The Morgan fingerprint density at radius 2 is 2.06 bits per heavy atom. The quantitative estimate of drug-likeness (QED) is 0.878. The molecule has 0 radical (unpaired) electrons. The zero-order valence-electron chi connectivity index (χ0n) is 9.72. The van der Waals surface area contributed by atoms with Gasteiger partial charge >= 0.3 is 0 Å². The second-order valence-electron chi connectivity index (χ2n) is 4.68. The van der Waals surface area contributed by atoms with Crippen molar-refractivity contribution in [2.45, 2.75) is 42.1 Å². The lowest BCUT2D eigenvalue weighted by atomic mass is 10.0. The summed E-state index contributed by atoms with van der Waals surface area (Å²) < 4.78 is 5.81. The van der Waals surface area contributed by atoms with Gasteiger partial charge in [-0.2, -0.15) is 0 Å². The normalized spacial score (nSPS) is 28.2. The van der Waals surface area contributed by atoms with E-state index >= 15 is 0 Å². The molecule has 16 heavy (non-hydrogen) atoms. The van der Waals surface area contributed by atoms with Crippen LogP contribution in [0.5, 0.6) is 0 Å². The summed E-state index contributed by atoms with van der Waals surface area (Å²) >= 11 is 1.84. The second kappa shape index (κ2) is 4.78. The predicted octanol–water partition coefficient (Wildman–Crippen LogP) is 2.71. The van der Waals surface area contributed by atoms with E-state index in [-0.39, 0.29) is 18.3 Å². The first-order valence-corrected chi connectivity index (χ1v) is 6.50. The molecule has 0 amide bonds. The van der Waals surface area contributed by atoms with Crippen LogP contribution >= 0.6 is 11.8 Å². The number of hydrogen-bond acceptors (Lipinski definition) is 3. The largest absolute Gasteiger partial charge is 0.394 e. The van der Waals surface area contributed by atoms with Crippen molar-refractivity contribution in [1.29, 1.82) is 0 Å². The molecule has 0 bridgehead atoms. The lowest BCUT2D eigenvalue weighted by Crippen LogP contribution is -2.30. The SMILES string of the molecule is CC1(C)O[C@@H](CO)C[C@H]1Sc1ccccc1. The Morgan fingerprint density at radius 1 is 1.38 bits per heavy atom. The minimum absolute atomic E-state index is 0.00351. The highest BCUT2D eigenvalue weighted by molar-refractivity contribution is 8.00. The Kier molecular flexibility index (Phi) is 3.57. The molecule has 88 valence electrons. The van der Waals surface area contributed by atoms with Gasteiger partial charge in [0.25, 0.3) is 0 Å². The Labute approximate surface area is 101 Å². The summed E-state index contributed by atoms with van der Waals surface area (Å²) in [4.78, 5) is 1.27. The highest BCUT2D eigenvalue weighted by Gasteiger charge is 2.41. The maximum Gasteiger partial charge on any atom is 0.0825 e. The standard InChI is InChI=1S/C13H18O2S/c1-13(2)12(8-10(9-14)15-13)16-11-6-4-3-5-7-11/h3-7,10,12,14H,8-9H2,1-2H3/t10-,12-/m1/s1. The third-order valence-corrected chi connectivity index (χ3v) is 4.54. The number of rotatable bonds is 3. The van der Waals surface area contributed by atoms with Gasteiger partial charge in [-0.15, -0.1) is 11.8 Å². The molecular weight excluding hydrogens is 220 g/mol. The van der Waals surface area contributed by atoms with Gasteiger partial charge in [0.2, 0.25) is 0 Å². The molecule has 1 N–H and O–H groups in total.